The Morgan fingerprint density at radius 3 is 2.87 bits per heavy atom. The second-order valence-corrected chi connectivity index (χ2v) is 4.52. The van der Waals surface area contributed by atoms with Gasteiger partial charge in [0.1, 0.15) is 4.32 Å². The third kappa shape index (κ3) is 5.31. The lowest BCUT2D eigenvalue weighted by Crippen LogP contribution is -2.47. The first-order chi connectivity index (χ1) is 7.22. The van der Waals surface area contributed by atoms with E-state index in [2.05, 4.69) is 10.2 Å². The van der Waals surface area contributed by atoms with Gasteiger partial charge in [0.2, 0.25) is 0 Å². The first kappa shape index (κ1) is 12.7. The number of rotatable bonds is 3. The maximum Gasteiger partial charge on any atom is 0.316 e. The Labute approximate surface area is 98.4 Å². The monoisotopic (exact) mass is 250 g/mol. The van der Waals surface area contributed by atoms with Crippen LogP contribution in [0.5, 0.6) is 0 Å². The van der Waals surface area contributed by atoms with Gasteiger partial charge in [-0.1, -0.05) is 24.0 Å². The van der Waals surface area contributed by atoms with E-state index in [-0.39, 0.29) is 11.7 Å². The number of carbonyl (C=O) groups is 1. The van der Waals surface area contributed by atoms with Crippen molar-refractivity contribution in [1.82, 2.24) is 10.4 Å². The van der Waals surface area contributed by atoms with E-state index >= 15 is 0 Å². The topological polar surface area (TPSA) is 50.8 Å². The molecule has 5 nitrogen and oxygen atoms in total. The highest BCUT2D eigenvalue weighted by atomic mass is 32.2. The van der Waals surface area contributed by atoms with Crippen molar-refractivity contribution in [1.29, 1.82) is 0 Å². The molecule has 0 saturated carbocycles. The van der Waals surface area contributed by atoms with Gasteiger partial charge < -0.3 is 14.9 Å². The highest BCUT2D eigenvalue weighted by molar-refractivity contribution is 8.23. The van der Waals surface area contributed by atoms with Crippen molar-refractivity contribution >= 4 is 34.3 Å². The minimum absolute atomic E-state index is 0.243. The van der Waals surface area contributed by atoms with Crippen LogP contribution in [0.3, 0.4) is 0 Å². The van der Waals surface area contributed by atoms with Gasteiger partial charge in [-0.25, -0.2) is 5.01 Å². The van der Waals surface area contributed by atoms with Crippen molar-refractivity contribution in [2.24, 2.45) is 0 Å². The summed E-state index contributed by atoms with van der Waals surface area (Å²) in [5.74, 6) is -0.0294. The fourth-order valence-electron chi connectivity index (χ4n) is 1.02. The molecule has 86 valence electrons. The number of carbonyl (C=O) groups excluding carboxylic acids is 1. The number of hydrazine groups is 1. The zero-order chi connectivity index (χ0) is 11.1. The lowest BCUT2D eigenvalue weighted by atomic mass is 10.5. The van der Waals surface area contributed by atoms with E-state index in [9.17, 15) is 4.79 Å². The number of morpholine rings is 1. The number of nitrogens with zero attached hydrogens (tertiary/aromatic N) is 1. The number of methoxy groups -OCH3 is 1. The molecule has 1 rings (SSSR count). The number of ether oxygens (including phenoxy) is 2. The normalized spacial score (nSPS) is 17.1. The molecular weight excluding hydrogens is 236 g/mol. The number of esters is 1. The number of nitrogens with one attached hydrogen (secondary N) is 1. The van der Waals surface area contributed by atoms with Gasteiger partial charge in [0.05, 0.1) is 26.1 Å². The van der Waals surface area contributed by atoms with Crippen molar-refractivity contribution < 1.29 is 14.3 Å². The average molecular weight is 250 g/mol. The van der Waals surface area contributed by atoms with Crippen molar-refractivity contribution in [2.75, 3.05) is 39.2 Å². The van der Waals surface area contributed by atoms with Gasteiger partial charge in [-0.3, -0.25) is 4.79 Å². The predicted octanol–water partition coefficient (Wildman–Crippen LogP) is 0.0143. The zero-order valence-corrected chi connectivity index (χ0v) is 10.2. The summed E-state index contributed by atoms with van der Waals surface area (Å²) in [7, 11) is 1.36. The molecule has 0 bridgehead atoms. The maximum absolute atomic E-state index is 10.8. The van der Waals surface area contributed by atoms with Crippen molar-refractivity contribution in [3.63, 3.8) is 0 Å². The molecule has 7 heteroatoms. The molecule has 0 aromatic carbocycles. The SMILES string of the molecule is COC(=O)CSC(=S)NN1CCOCC1. The molecule has 0 spiro atoms. The summed E-state index contributed by atoms with van der Waals surface area (Å²) in [4.78, 5) is 10.8. The van der Waals surface area contributed by atoms with Crippen molar-refractivity contribution in [3.05, 3.63) is 0 Å². The molecule has 0 aliphatic carbocycles. The fraction of sp³-hybridized carbons (Fsp3) is 0.750. The van der Waals surface area contributed by atoms with E-state index in [4.69, 9.17) is 17.0 Å². The molecule has 0 radical (unpaired) electrons. The Morgan fingerprint density at radius 1 is 1.60 bits per heavy atom. The Balaban J connectivity index is 2.14. The van der Waals surface area contributed by atoms with Crippen LogP contribution >= 0.6 is 24.0 Å². The molecule has 0 atom stereocenters. The number of thioether (sulfide) groups is 1. The van der Waals surface area contributed by atoms with Crippen LogP contribution in [-0.2, 0) is 14.3 Å². The standard InChI is InChI=1S/C8H14N2O3S2/c1-12-7(11)6-15-8(14)9-10-2-4-13-5-3-10/h2-6H2,1H3,(H,9,14). The van der Waals surface area contributed by atoms with E-state index in [0.717, 1.165) is 13.1 Å². The van der Waals surface area contributed by atoms with E-state index in [1.165, 1.54) is 18.9 Å². The van der Waals surface area contributed by atoms with Crippen LogP contribution in [0.4, 0.5) is 0 Å². The summed E-state index contributed by atoms with van der Waals surface area (Å²) in [5, 5.41) is 1.98. The van der Waals surface area contributed by atoms with Gasteiger partial charge in [-0.2, -0.15) is 0 Å². The minimum Gasteiger partial charge on any atom is -0.468 e. The minimum atomic E-state index is -0.272. The summed E-state index contributed by atoms with van der Waals surface area (Å²) >= 11 is 6.33. The third-order valence-corrected chi connectivity index (χ3v) is 2.99. The van der Waals surface area contributed by atoms with Crippen LogP contribution in [0.25, 0.3) is 0 Å². The molecule has 0 unspecified atom stereocenters. The Bertz CT molecular complexity index is 232. The molecule has 1 heterocycles. The molecule has 1 fully saturated rings. The van der Waals surface area contributed by atoms with Crippen LogP contribution in [0.15, 0.2) is 0 Å². The Morgan fingerprint density at radius 2 is 2.27 bits per heavy atom. The van der Waals surface area contributed by atoms with Crippen LogP contribution < -0.4 is 5.43 Å². The van der Waals surface area contributed by atoms with E-state index in [0.29, 0.717) is 17.5 Å². The molecule has 1 saturated heterocycles. The van der Waals surface area contributed by atoms with Crippen LogP contribution in [0.1, 0.15) is 0 Å². The largest absolute Gasteiger partial charge is 0.468 e. The summed E-state index contributed by atoms with van der Waals surface area (Å²) in [6.45, 7) is 3.02. The predicted molar refractivity (Wildman–Crippen MR) is 62.6 cm³/mol. The molecular formula is C8H14N2O3S2. The summed E-state index contributed by atoms with van der Waals surface area (Å²) in [5.41, 5.74) is 3.04. The molecule has 1 aliphatic rings. The summed E-state index contributed by atoms with van der Waals surface area (Å²) < 4.78 is 10.3. The quantitative estimate of drug-likeness (QED) is 0.559. The second kappa shape index (κ2) is 7.00. The molecule has 0 aromatic rings. The first-order valence-corrected chi connectivity index (χ1v) is 5.94. The lowest BCUT2D eigenvalue weighted by Gasteiger charge is -2.27. The number of hydrogen-bond donors (Lipinski definition) is 1. The Kier molecular flexibility index (Phi) is 5.92. The van der Waals surface area contributed by atoms with E-state index in [1.807, 2.05) is 5.01 Å². The lowest BCUT2D eigenvalue weighted by molar-refractivity contribution is -0.137. The third-order valence-electron chi connectivity index (χ3n) is 1.81. The fourth-order valence-corrected chi connectivity index (χ4v) is 1.89. The van der Waals surface area contributed by atoms with Gasteiger partial charge in [-0.15, -0.1) is 0 Å². The molecule has 1 N–H and O–H groups in total. The summed E-state index contributed by atoms with van der Waals surface area (Å²) in [6, 6.07) is 0. The first-order valence-electron chi connectivity index (χ1n) is 4.55. The second-order valence-electron chi connectivity index (χ2n) is 2.86. The smallest absolute Gasteiger partial charge is 0.316 e. The highest BCUT2D eigenvalue weighted by Crippen LogP contribution is 2.04. The average Bonchev–Trinajstić information content (AvgIpc) is 2.27. The number of hydrogen-bond acceptors (Lipinski definition) is 6. The van der Waals surface area contributed by atoms with Crippen LogP contribution in [-0.4, -0.2) is 54.5 Å². The van der Waals surface area contributed by atoms with Gasteiger partial charge in [0, 0.05) is 13.1 Å². The van der Waals surface area contributed by atoms with Crippen molar-refractivity contribution in [3.8, 4) is 0 Å². The van der Waals surface area contributed by atoms with Gasteiger partial charge >= 0.3 is 5.97 Å². The molecule has 1 aliphatic heterocycles. The van der Waals surface area contributed by atoms with Gasteiger partial charge in [-0.05, 0) is 0 Å². The molecule has 0 aromatic heterocycles. The molecule has 0 amide bonds. The van der Waals surface area contributed by atoms with Gasteiger partial charge in [0.15, 0.2) is 0 Å². The zero-order valence-electron chi connectivity index (χ0n) is 8.52. The van der Waals surface area contributed by atoms with Crippen molar-refractivity contribution in [2.45, 2.75) is 0 Å². The van der Waals surface area contributed by atoms with Crippen LogP contribution in [0.2, 0.25) is 0 Å². The highest BCUT2D eigenvalue weighted by Gasteiger charge is 2.12. The maximum atomic E-state index is 10.8. The van der Waals surface area contributed by atoms with E-state index < -0.39 is 0 Å². The Hall–Kier alpha value is -0.370. The van der Waals surface area contributed by atoms with Crippen LogP contribution in [0, 0.1) is 0 Å². The van der Waals surface area contributed by atoms with E-state index in [1.54, 1.807) is 0 Å². The summed E-state index contributed by atoms with van der Waals surface area (Å²) in [6.07, 6.45) is 0. The number of thiocarbonyl (C=S) groups is 1. The molecule has 15 heavy (non-hydrogen) atoms. The van der Waals surface area contributed by atoms with Gasteiger partial charge in [0.25, 0.3) is 0 Å².